The average Bonchev–Trinajstić information content (AvgIpc) is 2.36. The van der Waals surface area contributed by atoms with Crippen LogP contribution in [0.4, 0.5) is 18.9 Å². The molecule has 1 atom stereocenters. The zero-order valence-electron chi connectivity index (χ0n) is 11.2. The highest BCUT2D eigenvalue weighted by molar-refractivity contribution is 5.97. The molecule has 10 heteroatoms. The Hall–Kier alpha value is -2.65. The Labute approximate surface area is 121 Å². The van der Waals surface area contributed by atoms with E-state index in [1.165, 1.54) is 13.0 Å². The maximum atomic E-state index is 12.2. The molecule has 0 fully saturated rings. The van der Waals surface area contributed by atoms with Crippen LogP contribution in [0.1, 0.15) is 22.3 Å². The molecule has 22 heavy (non-hydrogen) atoms. The number of nitrogens with one attached hydrogen (secondary N) is 1. The molecule has 0 aliphatic rings. The largest absolute Gasteiger partial charge is 0.480 e. The molecule has 1 rings (SSSR count). The number of amides is 1. The Balaban J connectivity index is 2.98. The molecule has 0 saturated carbocycles. The van der Waals surface area contributed by atoms with Gasteiger partial charge in [-0.25, -0.2) is 4.79 Å². The smallest absolute Gasteiger partial charge is 0.391 e. The minimum atomic E-state index is -4.78. The van der Waals surface area contributed by atoms with Gasteiger partial charge in [0, 0.05) is 17.2 Å². The molecule has 2 N–H and O–H groups in total. The van der Waals surface area contributed by atoms with Gasteiger partial charge in [0.1, 0.15) is 6.04 Å². The lowest BCUT2D eigenvalue weighted by molar-refractivity contribution is -0.385. The first-order chi connectivity index (χ1) is 10.0. The van der Waals surface area contributed by atoms with Crippen LogP contribution >= 0.6 is 0 Å². The van der Waals surface area contributed by atoms with E-state index >= 15 is 0 Å². The summed E-state index contributed by atoms with van der Waals surface area (Å²) in [6.45, 7) is 1.42. The van der Waals surface area contributed by atoms with Crippen LogP contribution in [-0.4, -0.2) is 34.1 Å². The molecule has 0 saturated heterocycles. The van der Waals surface area contributed by atoms with Crippen molar-refractivity contribution in [1.82, 2.24) is 5.32 Å². The van der Waals surface area contributed by atoms with E-state index in [9.17, 15) is 32.9 Å². The average molecular weight is 320 g/mol. The van der Waals surface area contributed by atoms with Gasteiger partial charge in [0.2, 0.25) is 0 Å². The normalized spacial score (nSPS) is 12.5. The van der Waals surface area contributed by atoms with Crippen LogP contribution in [0.5, 0.6) is 0 Å². The summed E-state index contributed by atoms with van der Waals surface area (Å²) in [5, 5.41) is 21.1. The quantitative estimate of drug-likeness (QED) is 0.637. The van der Waals surface area contributed by atoms with Gasteiger partial charge in [-0.2, -0.15) is 13.2 Å². The molecule has 120 valence electrons. The minimum Gasteiger partial charge on any atom is -0.480 e. The van der Waals surface area contributed by atoms with Crippen molar-refractivity contribution in [3.8, 4) is 0 Å². The van der Waals surface area contributed by atoms with Crippen LogP contribution in [-0.2, 0) is 4.79 Å². The molecule has 1 amide bonds. The van der Waals surface area contributed by atoms with Gasteiger partial charge < -0.3 is 10.4 Å². The van der Waals surface area contributed by atoms with E-state index in [-0.39, 0.29) is 11.1 Å². The topological polar surface area (TPSA) is 110 Å². The summed E-state index contributed by atoms with van der Waals surface area (Å²) in [5.74, 6) is -2.99. The summed E-state index contributed by atoms with van der Waals surface area (Å²) < 4.78 is 36.7. The molecule has 7 nitrogen and oxygen atoms in total. The number of hydrogen-bond donors (Lipinski definition) is 2. The summed E-state index contributed by atoms with van der Waals surface area (Å²) in [6, 6.07) is 1.10. The number of aliphatic carboxylic acids is 1. The number of nitrogens with zero attached hydrogens (tertiary/aromatic N) is 1. The summed E-state index contributed by atoms with van der Waals surface area (Å²) in [6.07, 6.45) is -6.53. The van der Waals surface area contributed by atoms with E-state index in [1.54, 1.807) is 5.32 Å². The van der Waals surface area contributed by atoms with Gasteiger partial charge in [-0.15, -0.1) is 0 Å². The molecule has 0 aliphatic heterocycles. The molecular weight excluding hydrogens is 309 g/mol. The monoisotopic (exact) mass is 320 g/mol. The van der Waals surface area contributed by atoms with Gasteiger partial charge in [-0.1, -0.05) is 6.07 Å². The maximum absolute atomic E-state index is 12.2. The van der Waals surface area contributed by atoms with Crippen LogP contribution in [0.2, 0.25) is 0 Å². The van der Waals surface area contributed by atoms with Gasteiger partial charge in [0.05, 0.1) is 11.3 Å². The second-order valence-corrected chi connectivity index (χ2v) is 4.44. The van der Waals surface area contributed by atoms with Gasteiger partial charge in [0.25, 0.3) is 11.6 Å². The van der Waals surface area contributed by atoms with Gasteiger partial charge in [-0.3, -0.25) is 14.9 Å². The maximum Gasteiger partial charge on any atom is 0.391 e. The van der Waals surface area contributed by atoms with Crippen molar-refractivity contribution < 1.29 is 32.8 Å². The molecular formula is C12H11F3N2O5. The standard InChI is InChI=1S/C12H11F3N2O5/c1-6-2-3-7(4-9(6)17(21)22)10(18)16-8(11(19)20)5-12(13,14)15/h2-4,8H,5H2,1H3,(H,16,18)(H,19,20). The summed E-state index contributed by atoms with van der Waals surface area (Å²) >= 11 is 0. The predicted molar refractivity (Wildman–Crippen MR) is 67.4 cm³/mol. The van der Waals surface area contributed by atoms with E-state index in [2.05, 4.69) is 0 Å². The van der Waals surface area contributed by atoms with E-state index in [4.69, 9.17) is 5.11 Å². The second-order valence-electron chi connectivity index (χ2n) is 4.44. The molecule has 0 aromatic heterocycles. The first-order valence-electron chi connectivity index (χ1n) is 5.86. The van der Waals surface area contributed by atoms with Gasteiger partial charge in [-0.05, 0) is 13.0 Å². The number of rotatable bonds is 5. The Morgan fingerprint density at radius 1 is 1.41 bits per heavy atom. The number of nitro groups is 1. The highest BCUT2D eigenvalue weighted by atomic mass is 19.4. The number of carbonyl (C=O) groups is 2. The lowest BCUT2D eigenvalue weighted by Gasteiger charge is -2.16. The Morgan fingerprint density at radius 2 is 2.00 bits per heavy atom. The van der Waals surface area contributed by atoms with Crippen LogP contribution in [0.25, 0.3) is 0 Å². The van der Waals surface area contributed by atoms with E-state index in [0.717, 1.165) is 12.1 Å². The number of halogens is 3. The molecule has 0 bridgehead atoms. The molecule has 1 unspecified atom stereocenters. The number of benzene rings is 1. The van der Waals surface area contributed by atoms with Crippen LogP contribution in [0.15, 0.2) is 18.2 Å². The summed E-state index contributed by atoms with van der Waals surface area (Å²) in [5.41, 5.74) is -0.437. The second kappa shape index (κ2) is 6.41. The van der Waals surface area contributed by atoms with Crippen LogP contribution in [0, 0.1) is 17.0 Å². The SMILES string of the molecule is Cc1ccc(C(=O)NC(CC(F)(F)F)C(=O)O)cc1[N+](=O)[O-]. The number of alkyl halides is 3. The molecule has 1 aromatic carbocycles. The van der Waals surface area contributed by atoms with Crippen molar-refractivity contribution in [3.63, 3.8) is 0 Å². The highest BCUT2D eigenvalue weighted by Gasteiger charge is 2.36. The number of carboxylic acids is 1. The van der Waals surface area contributed by atoms with E-state index in [0.29, 0.717) is 0 Å². The van der Waals surface area contributed by atoms with Crippen molar-refractivity contribution in [2.45, 2.75) is 25.6 Å². The lowest BCUT2D eigenvalue weighted by Crippen LogP contribution is -2.43. The third-order valence-electron chi connectivity index (χ3n) is 2.71. The first-order valence-corrected chi connectivity index (χ1v) is 5.86. The molecule has 1 aromatic rings. The number of carbonyl (C=O) groups excluding carboxylic acids is 1. The fourth-order valence-electron chi connectivity index (χ4n) is 1.62. The number of aryl methyl sites for hydroxylation is 1. The third kappa shape index (κ3) is 4.72. The summed E-state index contributed by atoms with van der Waals surface area (Å²) in [4.78, 5) is 32.5. The Kier molecular flexibility index (Phi) is 5.07. The van der Waals surface area contributed by atoms with Crippen molar-refractivity contribution in [2.24, 2.45) is 0 Å². The van der Waals surface area contributed by atoms with Crippen LogP contribution < -0.4 is 5.32 Å². The number of hydrogen-bond acceptors (Lipinski definition) is 4. The van der Waals surface area contributed by atoms with E-state index in [1.807, 2.05) is 0 Å². The summed E-state index contributed by atoms with van der Waals surface area (Å²) in [7, 11) is 0. The third-order valence-corrected chi connectivity index (χ3v) is 2.71. The molecule has 0 spiro atoms. The lowest BCUT2D eigenvalue weighted by atomic mass is 10.1. The fraction of sp³-hybridized carbons (Fsp3) is 0.333. The van der Waals surface area contributed by atoms with Crippen molar-refractivity contribution in [3.05, 3.63) is 39.4 Å². The Bertz CT molecular complexity index is 615. The van der Waals surface area contributed by atoms with Crippen LogP contribution in [0.3, 0.4) is 0 Å². The predicted octanol–water partition coefficient (Wildman–Crippen LogP) is 2.04. The molecule has 0 heterocycles. The van der Waals surface area contributed by atoms with Crippen molar-refractivity contribution >= 4 is 17.6 Å². The minimum absolute atomic E-state index is 0.256. The zero-order chi connectivity index (χ0) is 17.1. The van der Waals surface area contributed by atoms with Gasteiger partial charge in [0.15, 0.2) is 0 Å². The molecule has 0 aliphatic carbocycles. The van der Waals surface area contributed by atoms with E-state index < -0.39 is 41.1 Å². The van der Waals surface area contributed by atoms with Crippen molar-refractivity contribution in [1.29, 1.82) is 0 Å². The van der Waals surface area contributed by atoms with Gasteiger partial charge >= 0.3 is 12.1 Å². The first kappa shape index (κ1) is 17.4. The van der Waals surface area contributed by atoms with Crippen molar-refractivity contribution in [2.75, 3.05) is 0 Å². The number of carboxylic acid groups (broad SMARTS) is 1. The Morgan fingerprint density at radius 3 is 2.45 bits per heavy atom. The number of nitro benzene ring substituents is 1. The molecule has 0 radical (unpaired) electrons. The fourth-order valence-corrected chi connectivity index (χ4v) is 1.62. The zero-order valence-corrected chi connectivity index (χ0v) is 11.2. The highest BCUT2D eigenvalue weighted by Crippen LogP contribution is 2.23.